The van der Waals surface area contributed by atoms with Gasteiger partial charge in [-0.2, -0.15) is 0 Å². The van der Waals surface area contributed by atoms with E-state index in [9.17, 15) is 18.4 Å². The molecule has 0 unspecified atom stereocenters. The Balaban J connectivity index is 0.000000280. The van der Waals surface area contributed by atoms with Crippen LogP contribution >= 0.6 is 0 Å². The first kappa shape index (κ1) is 75.3. The van der Waals surface area contributed by atoms with Gasteiger partial charge in [0.25, 0.3) is 0 Å². The molecule has 2 amide bonds. The fraction of sp³-hybridized carbons (Fsp3) is 0.367. The molecule has 4 aliphatic heterocycles. The Bertz CT molecular complexity index is 3230. The van der Waals surface area contributed by atoms with Gasteiger partial charge < -0.3 is 137 Å². The standard InChI is InChI=1S/2C25H29FN4O2.5C2H2O4/c2*26-21-7-5-20(6-8-21)18-30-23-4-2-1-3-22(23)27-24(30)17-19-9-11-28(12-10-19)13-14-29-15-16-32-25(29)31;5*3-1(4)2(5)6/h2*1-8,19H,9-18H2;5*(H,3,4)(H,5,6)/p-10. The maximum Gasteiger partial charge on any atom is 0.409 e. The second-order valence-corrected chi connectivity index (χ2v) is 20.5. The first-order valence-electron chi connectivity index (χ1n) is 28.3. The van der Waals surface area contributed by atoms with E-state index in [1.165, 1.54) is 24.3 Å². The lowest BCUT2D eigenvalue weighted by atomic mass is 9.93. The Hall–Kier alpha value is -11.2. The molecule has 0 radical (unpaired) electrons. The minimum Gasteiger partial charge on any atom is -0.543 e. The molecule has 4 aliphatic rings. The molecule has 4 aromatic carbocycles. The van der Waals surface area contributed by atoms with Gasteiger partial charge >= 0.3 is 12.2 Å². The van der Waals surface area contributed by atoms with Gasteiger partial charge in [0.05, 0.1) is 94.8 Å². The molecule has 0 aliphatic carbocycles. The van der Waals surface area contributed by atoms with Gasteiger partial charge in [-0.1, -0.05) is 48.5 Å². The largest absolute Gasteiger partial charge is 0.543 e. The summed E-state index contributed by atoms with van der Waals surface area (Å²) in [6, 6.07) is 30.0. The molecule has 0 bridgehead atoms. The van der Waals surface area contributed by atoms with Crippen LogP contribution in [0, 0.1) is 23.5 Å². The number of hydrogen-bond donors (Lipinski definition) is 0. The van der Waals surface area contributed by atoms with E-state index in [-0.39, 0.29) is 23.8 Å². The van der Waals surface area contributed by atoms with Crippen LogP contribution in [0.15, 0.2) is 97.1 Å². The number of ether oxygens (including phenoxy) is 2. The van der Waals surface area contributed by atoms with Crippen LogP contribution in [0.4, 0.5) is 18.4 Å². The molecule has 506 valence electrons. The van der Waals surface area contributed by atoms with Crippen molar-refractivity contribution in [3.63, 3.8) is 0 Å². The zero-order valence-corrected chi connectivity index (χ0v) is 49.7. The quantitative estimate of drug-likeness (QED) is 0.0914. The number of fused-ring (bicyclic) bond motifs is 2. The SMILES string of the molecule is O=C([O-])C(=O)[O-].O=C([O-])C(=O)[O-].O=C([O-])C(=O)[O-].O=C([O-])C(=O)[O-].O=C([O-])C(=O)[O-].O=C1OCCN1CCN1CCC(Cc2nc3ccccc3n2Cc2ccc(F)cc2)CC1.O=C1OCCN1CCN1CCC(Cc2nc3ccccc3n2Cc2ccc(F)cc2)CC1. The van der Waals surface area contributed by atoms with E-state index >= 15 is 0 Å². The summed E-state index contributed by atoms with van der Waals surface area (Å²) in [4.78, 5) is 131. The molecule has 34 heteroatoms. The average molecular weight is 1310 g/mol. The number of benzene rings is 4. The average Bonchev–Trinajstić information content (AvgIpc) is 1.65. The smallest absolute Gasteiger partial charge is 0.409 e. The summed E-state index contributed by atoms with van der Waals surface area (Å²) >= 11 is 0. The van der Waals surface area contributed by atoms with Crippen LogP contribution in [0.5, 0.6) is 0 Å². The molecule has 94 heavy (non-hydrogen) atoms. The van der Waals surface area contributed by atoms with Crippen molar-refractivity contribution >= 4 is 93.9 Å². The molecule has 6 aromatic rings. The molecular weight excluding hydrogens is 1250 g/mol. The number of carboxylic acids is 10. The lowest BCUT2D eigenvalue weighted by Crippen LogP contribution is -2.42. The topological polar surface area (TPSA) is 502 Å². The third-order valence-corrected chi connectivity index (χ3v) is 14.2. The Kier molecular flexibility index (Phi) is 30.3. The van der Waals surface area contributed by atoms with Gasteiger partial charge in [0.15, 0.2) is 0 Å². The van der Waals surface area contributed by atoms with Crippen molar-refractivity contribution in [2.75, 3.05) is 78.7 Å². The third-order valence-electron chi connectivity index (χ3n) is 14.2. The number of imidazole rings is 2. The van der Waals surface area contributed by atoms with Crippen LogP contribution in [0.1, 0.15) is 48.5 Å². The number of piperidine rings is 2. The number of aliphatic carboxylic acids is 10. The third kappa shape index (κ3) is 26.0. The van der Waals surface area contributed by atoms with Crippen molar-refractivity contribution in [3.8, 4) is 0 Å². The predicted octanol–water partition coefficient (Wildman–Crippen LogP) is -9.71. The zero-order valence-electron chi connectivity index (χ0n) is 49.7. The maximum absolute atomic E-state index is 13.4. The van der Waals surface area contributed by atoms with E-state index in [0.29, 0.717) is 51.2 Å². The number of amides is 2. The van der Waals surface area contributed by atoms with Gasteiger partial charge in [0, 0.05) is 52.1 Å². The van der Waals surface area contributed by atoms with E-state index in [4.69, 9.17) is 118 Å². The highest BCUT2D eigenvalue weighted by molar-refractivity contribution is 6.26. The van der Waals surface area contributed by atoms with Crippen LogP contribution in [0.25, 0.3) is 22.1 Å². The highest BCUT2D eigenvalue weighted by Gasteiger charge is 2.28. The molecule has 6 heterocycles. The van der Waals surface area contributed by atoms with Crippen LogP contribution in [0.2, 0.25) is 0 Å². The molecular formula is C60H58F2N8O24-10. The summed E-state index contributed by atoms with van der Waals surface area (Å²) in [6.07, 6.45) is 6.05. The number of likely N-dealkylation sites (tertiary alicyclic amines) is 2. The number of cyclic esters (lactones) is 2. The van der Waals surface area contributed by atoms with Gasteiger partial charge in [0.1, 0.15) is 36.5 Å². The Morgan fingerprint density at radius 1 is 0.394 bits per heavy atom. The van der Waals surface area contributed by atoms with Crippen LogP contribution in [-0.2, 0) is 83.4 Å². The number of carbonyl (C=O) groups excluding carboxylic acids is 12. The predicted molar refractivity (Wildman–Crippen MR) is 292 cm³/mol. The summed E-state index contributed by atoms with van der Waals surface area (Å²) in [7, 11) is 0. The molecule has 32 nitrogen and oxygen atoms in total. The second kappa shape index (κ2) is 37.9. The molecule has 0 saturated carbocycles. The zero-order chi connectivity index (χ0) is 69.6. The first-order valence-corrected chi connectivity index (χ1v) is 28.3. The molecule has 0 atom stereocenters. The monoisotopic (exact) mass is 1310 g/mol. The summed E-state index contributed by atoms with van der Waals surface area (Å²) in [6.45, 7) is 11.3. The van der Waals surface area contributed by atoms with Crippen molar-refractivity contribution in [1.29, 1.82) is 0 Å². The van der Waals surface area contributed by atoms with E-state index in [1.54, 1.807) is 9.80 Å². The summed E-state index contributed by atoms with van der Waals surface area (Å²) in [5.74, 6) is -18.9. The number of halogens is 2. The fourth-order valence-electron chi connectivity index (χ4n) is 9.59. The molecule has 4 saturated heterocycles. The van der Waals surface area contributed by atoms with Gasteiger partial charge in [-0.3, -0.25) is 0 Å². The number of nitrogens with zero attached hydrogens (tertiary/aromatic N) is 8. The van der Waals surface area contributed by atoms with Crippen molar-refractivity contribution in [2.24, 2.45) is 11.8 Å². The van der Waals surface area contributed by atoms with Gasteiger partial charge in [-0.15, -0.1) is 0 Å². The Morgan fingerprint density at radius 3 is 0.926 bits per heavy atom. The minimum absolute atomic E-state index is 0.181. The highest BCUT2D eigenvalue weighted by atomic mass is 19.1. The molecule has 0 spiro atoms. The number of rotatable bonds is 14. The van der Waals surface area contributed by atoms with Crippen LogP contribution in [-0.4, -0.2) is 189 Å². The van der Waals surface area contributed by atoms with Gasteiger partial charge in [-0.05, 0) is 123 Å². The number of carboxylic acid groups (broad SMARTS) is 10. The summed E-state index contributed by atoms with van der Waals surface area (Å²) in [5.41, 5.74) is 6.43. The van der Waals surface area contributed by atoms with Gasteiger partial charge in [0.2, 0.25) is 0 Å². The van der Waals surface area contributed by atoms with E-state index in [2.05, 4.69) is 43.2 Å². The van der Waals surface area contributed by atoms with E-state index in [1.807, 2.05) is 48.5 Å². The number of aromatic nitrogens is 4. The first-order chi connectivity index (χ1) is 44.5. The molecule has 4 fully saturated rings. The minimum atomic E-state index is -2.19. The molecule has 0 N–H and O–H groups in total. The summed E-state index contributed by atoms with van der Waals surface area (Å²) in [5, 5.41) is 89.3. The van der Waals surface area contributed by atoms with E-state index in [0.717, 1.165) is 136 Å². The van der Waals surface area contributed by atoms with Crippen molar-refractivity contribution in [2.45, 2.75) is 51.6 Å². The Labute approximate surface area is 531 Å². The Morgan fingerprint density at radius 2 is 0.670 bits per heavy atom. The number of para-hydroxylation sites is 4. The lowest BCUT2D eigenvalue weighted by Gasteiger charge is -2.32. The van der Waals surface area contributed by atoms with Crippen molar-refractivity contribution in [1.82, 2.24) is 38.7 Å². The number of hydrogen-bond acceptors (Lipinski definition) is 28. The summed E-state index contributed by atoms with van der Waals surface area (Å²) < 4.78 is 41.3. The molecule has 2 aromatic heterocycles. The van der Waals surface area contributed by atoms with Crippen molar-refractivity contribution in [3.05, 3.63) is 131 Å². The second-order valence-electron chi connectivity index (χ2n) is 20.5. The lowest BCUT2D eigenvalue weighted by molar-refractivity contribution is -0.345. The van der Waals surface area contributed by atoms with E-state index < -0.39 is 59.7 Å². The number of carbonyl (C=O) groups is 12. The maximum atomic E-state index is 13.4. The normalized spacial score (nSPS) is 14.5. The highest BCUT2D eigenvalue weighted by Crippen LogP contribution is 2.27. The van der Waals surface area contributed by atoms with Gasteiger partial charge in [-0.25, -0.2) is 28.3 Å². The van der Waals surface area contributed by atoms with Crippen molar-refractivity contribution < 1.29 is 127 Å². The van der Waals surface area contributed by atoms with Crippen LogP contribution < -0.4 is 51.1 Å². The molecule has 10 rings (SSSR count). The van der Waals surface area contributed by atoms with Crippen LogP contribution in [0.3, 0.4) is 0 Å². The fourth-order valence-corrected chi connectivity index (χ4v) is 9.59.